The van der Waals surface area contributed by atoms with Gasteiger partial charge in [-0.25, -0.2) is 4.98 Å². The molecule has 2 aromatic rings. The molecule has 1 N–H and O–H groups in total. The van der Waals surface area contributed by atoms with Crippen LogP contribution in [0.3, 0.4) is 0 Å². The van der Waals surface area contributed by atoms with Crippen molar-refractivity contribution in [3.05, 3.63) is 35.7 Å². The lowest BCUT2D eigenvalue weighted by Crippen LogP contribution is -2.20. The number of rotatable bonds is 4. The molecule has 2 rings (SSSR count). The average Bonchev–Trinajstić information content (AvgIpc) is 2.84. The summed E-state index contributed by atoms with van der Waals surface area (Å²) >= 11 is 0. The molecule has 2 aromatic heterocycles. The SMILES string of the molecule is Cc1cc(CNC(C)c2nccn2C)on1. The fraction of sp³-hybridized carbons (Fsp3) is 0.455. The summed E-state index contributed by atoms with van der Waals surface area (Å²) in [6.07, 6.45) is 3.73. The zero-order chi connectivity index (χ0) is 11.5. The van der Waals surface area contributed by atoms with E-state index in [0.717, 1.165) is 17.3 Å². The van der Waals surface area contributed by atoms with Crippen LogP contribution in [0.1, 0.15) is 30.2 Å². The number of aryl methyl sites for hydroxylation is 2. The van der Waals surface area contributed by atoms with Crippen molar-refractivity contribution in [1.82, 2.24) is 20.0 Å². The Kier molecular flexibility index (Phi) is 3.05. The minimum Gasteiger partial charge on any atom is -0.360 e. The van der Waals surface area contributed by atoms with Crippen molar-refractivity contribution in [2.75, 3.05) is 0 Å². The van der Waals surface area contributed by atoms with E-state index in [0.29, 0.717) is 6.54 Å². The molecule has 0 saturated heterocycles. The standard InChI is InChI=1S/C11H16N4O/c1-8-6-10(16-14-8)7-13-9(2)11-12-4-5-15(11)3/h4-6,9,13H,7H2,1-3H3. The van der Waals surface area contributed by atoms with Gasteiger partial charge in [-0.05, 0) is 13.8 Å². The maximum Gasteiger partial charge on any atom is 0.150 e. The van der Waals surface area contributed by atoms with Crippen molar-refractivity contribution in [3.63, 3.8) is 0 Å². The van der Waals surface area contributed by atoms with Crippen molar-refractivity contribution in [1.29, 1.82) is 0 Å². The molecule has 5 heteroatoms. The summed E-state index contributed by atoms with van der Waals surface area (Å²) in [6.45, 7) is 4.65. The molecule has 0 radical (unpaired) electrons. The lowest BCUT2D eigenvalue weighted by molar-refractivity contribution is 0.360. The minimum atomic E-state index is 0.186. The number of nitrogens with zero attached hydrogens (tertiary/aromatic N) is 3. The van der Waals surface area contributed by atoms with Gasteiger partial charge < -0.3 is 14.4 Å². The maximum atomic E-state index is 5.12. The van der Waals surface area contributed by atoms with E-state index < -0.39 is 0 Å². The van der Waals surface area contributed by atoms with Crippen LogP contribution in [-0.4, -0.2) is 14.7 Å². The van der Waals surface area contributed by atoms with Crippen LogP contribution in [0, 0.1) is 6.92 Å². The molecular formula is C11H16N4O. The van der Waals surface area contributed by atoms with Crippen LogP contribution in [0.5, 0.6) is 0 Å². The van der Waals surface area contributed by atoms with Gasteiger partial charge in [0.05, 0.1) is 18.3 Å². The molecule has 0 aromatic carbocycles. The van der Waals surface area contributed by atoms with Crippen LogP contribution < -0.4 is 5.32 Å². The first-order chi connectivity index (χ1) is 7.66. The van der Waals surface area contributed by atoms with Gasteiger partial charge in [0.25, 0.3) is 0 Å². The van der Waals surface area contributed by atoms with Crippen LogP contribution in [0.25, 0.3) is 0 Å². The predicted octanol–water partition coefficient (Wildman–Crippen LogP) is 1.57. The van der Waals surface area contributed by atoms with E-state index in [1.807, 2.05) is 30.8 Å². The van der Waals surface area contributed by atoms with Crippen LogP contribution in [0.15, 0.2) is 23.0 Å². The van der Waals surface area contributed by atoms with E-state index in [1.54, 1.807) is 6.20 Å². The molecule has 0 bridgehead atoms. The molecular weight excluding hydrogens is 204 g/mol. The third-order valence-electron chi connectivity index (χ3n) is 2.50. The zero-order valence-corrected chi connectivity index (χ0v) is 9.77. The number of imidazole rings is 1. The van der Waals surface area contributed by atoms with Crippen molar-refractivity contribution in [3.8, 4) is 0 Å². The van der Waals surface area contributed by atoms with Gasteiger partial charge in [-0.15, -0.1) is 0 Å². The van der Waals surface area contributed by atoms with Gasteiger partial charge >= 0.3 is 0 Å². The Balaban J connectivity index is 1.93. The van der Waals surface area contributed by atoms with Crippen molar-refractivity contribution < 1.29 is 4.52 Å². The summed E-state index contributed by atoms with van der Waals surface area (Å²) in [5.41, 5.74) is 0.904. The summed E-state index contributed by atoms with van der Waals surface area (Å²) in [6, 6.07) is 2.11. The number of hydrogen-bond acceptors (Lipinski definition) is 4. The Labute approximate surface area is 94.5 Å². The number of aromatic nitrogens is 3. The second-order valence-corrected chi connectivity index (χ2v) is 3.93. The molecule has 5 nitrogen and oxygen atoms in total. The van der Waals surface area contributed by atoms with Crippen LogP contribution >= 0.6 is 0 Å². The third-order valence-corrected chi connectivity index (χ3v) is 2.50. The van der Waals surface area contributed by atoms with Crippen LogP contribution in [0.4, 0.5) is 0 Å². The average molecular weight is 220 g/mol. The first kappa shape index (κ1) is 10.9. The summed E-state index contributed by atoms with van der Waals surface area (Å²) in [4.78, 5) is 4.29. The molecule has 0 aliphatic heterocycles. The maximum absolute atomic E-state index is 5.12. The van der Waals surface area contributed by atoms with Crippen molar-refractivity contribution in [2.45, 2.75) is 26.4 Å². The van der Waals surface area contributed by atoms with E-state index in [-0.39, 0.29) is 6.04 Å². The van der Waals surface area contributed by atoms with Crippen LogP contribution in [0.2, 0.25) is 0 Å². The minimum absolute atomic E-state index is 0.186. The molecule has 0 aliphatic rings. The Morgan fingerprint density at radius 3 is 2.94 bits per heavy atom. The van der Waals surface area contributed by atoms with Crippen LogP contribution in [-0.2, 0) is 13.6 Å². The lowest BCUT2D eigenvalue weighted by Gasteiger charge is -2.12. The quantitative estimate of drug-likeness (QED) is 0.849. The van der Waals surface area contributed by atoms with Gasteiger partial charge in [0.1, 0.15) is 5.82 Å². The zero-order valence-electron chi connectivity index (χ0n) is 9.77. The second kappa shape index (κ2) is 4.49. The van der Waals surface area contributed by atoms with Gasteiger partial charge in [0.2, 0.25) is 0 Å². The highest BCUT2D eigenvalue weighted by molar-refractivity contribution is 5.04. The van der Waals surface area contributed by atoms with E-state index in [4.69, 9.17) is 4.52 Å². The molecule has 0 aliphatic carbocycles. The molecule has 0 spiro atoms. The lowest BCUT2D eigenvalue weighted by atomic mass is 10.3. The van der Waals surface area contributed by atoms with Gasteiger partial charge in [-0.1, -0.05) is 5.16 Å². The highest BCUT2D eigenvalue weighted by Crippen LogP contribution is 2.10. The smallest absolute Gasteiger partial charge is 0.150 e. The first-order valence-electron chi connectivity index (χ1n) is 5.29. The summed E-state index contributed by atoms with van der Waals surface area (Å²) < 4.78 is 7.13. The Morgan fingerprint density at radius 2 is 2.38 bits per heavy atom. The normalized spacial score (nSPS) is 12.9. The predicted molar refractivity (Wildman–Crippen MR) is 59.7 cm³/mol. The largest absolute Gasteiger partial charge is 0.360 e. The Bertz CT molecular complexity index is 460. The summed E-state index contributed by atoms with van der Waals surface area (Å²) in [7, 11) is 1.99. The number of hydrogen-bond donors (Lipinski definition) is 1. The van der Waals surface area contributed by atoms with E-state index in [2.05, 4.69) is 22.4 Å². The first-order valence-corrected chi connectivity index (χ1v) is 5.29. The van der Waals surface area contributed by atoms with Gasteiger partial charge in [-0.2, -0.15) is 0 Å². The third kappa shape index (κ3) is 2.30. The molecule has 1 atom stereocenters. The van der Waals surface area contributed by atoms with Crippen molar-refractivity contribution >= 4 is 0 Å². The summed E-state index contributed by atoms with van der Waals surface area (Å²) in [5, 5.41) is 7.18. The highest BCUT2D eigenvalue weighted by atomic mass is 16.5. The molecule has 2 heterocycles. The van der Waals surface area contributed by atoms with Crippen molar-refractivity contribution in [2.24, 2.45) is 7.05 Å². The fourth-order valence-electron chi connectivity index (χ4n) is 1.64. The molecule has 0 saturated carbocycles. The highest BCUT2D eigenvalue weighted by Gasteiger charge is 2.10. The summed E-state index contributed by atoms with van der Waals surface area (Å²) in [5.74, 6) is 1.86. The van der Waals surface area contributed by atoms with E-state index in [9.17, 15) is 0 Å². The topological polar surface area (TPSA) is 55.9 Å². The molecule has 16 heavy (non-hydrogen) atoms. The van der Waals surface area contributed by atoms with E-state index >= 15 is 0 Å². The van der Waals surface area contributed by atoms with Gasteiger partial charge in [-0.3, -0.25) is 0 Å². The molecule has 0 amide bonds. The van der Waals surface area contributed by atoms with Gasteiger partial charge in [0, 0.05) is 25.5 Å². The Hall–Kier alpha value is -1.62. The molecule has 86 valence electrons. The Morgan fingerprint density at radius 1 is 1.56 bits per heavy atom. The monoisotopic (exact) mass is 220 g/mol. The molecule has 0 fully saturated rings. The molecule has 1 unspecified atom stereocenters. The second-order valence-electron chi connectivity index (χ2n) is 3.93. The van der Waals surface area contributed by atoms with E-state index in [1.165, 1.54) is 0 Å². The fourth-order valence-corrected chi connectivity index (χ4v) is 1.64. The van der Waals surface area contributed by atoms with Gasteiger partial charge in [0.15, 0.2) is 5.76 Å². The number of nitrogens with one attached hydrogen (secondary N) is 1.